The van der Waals surface area contributed by atoms with Crippen LogP contribution in [0.2, 0.25) is 10.0 Å². The maximum atomic E-state index is 13.1. The summed E-state index contributed by atoms with van der Waals surface area (Å²) in [6.45, 7) is 3.96. The van der Waals surface area contributed by atoms with E-state index in [1.807, 2.05) is 24.3 Å². The number of benzene rings is 2. The molecule has 1 fully saturated rings. The third-order valence-electron chi connectivity index (χ3n) is 5.40. The van der Waals surface area contributed by atoms with Crippen LogP contribution >= 0.6 is 23.2 Å². The van der Waals surface area contributed by atoms with E-state index in [2.05, 4.69) is 17.4 Å². The summed E-state index contributed by atoms with van der Waals surface area (Å²) in [5.41, 5.74) is 6.59. The summed E-state index contributed by atoms with van der Waals surface area (Å²) in [4.78, 5) is 13.1. The van der Waals surface area contributed by atoms with Crippen molar-refractivity contribution in [3.63, 3.8) is 0 Å². The molecule has 1 saturated heterocycles. The topological polar surface area (TPSA) is 79.6 Å². The van der Waals surface area contributed by atoms with Gasteiger partial charge in [0.1, 0.15) is 0 Å². The first-order valence-electron chi connectivity index (χ1n) is 10.4. The molecule has 1 amide bonds. The quantitative estimate of drug-likeness (QED) is 0.566. The Morgan fingerprint density at radius 2 is 1.88 bits per heavy atom. The maximum absolute atomic E-state index is 13.1. The lowest BCUT2D eigenvalue weighted by Crippen LogP contribution is -2.48. The van der Waals surface area contributed by atoms with Crippen LogP contribution in [-0.2, 0) is 17.8 Å². The highest BCUT2D eigenvalue weighted by molar-refractivity contribution is 6.35. The van der Waals surface area contributed by atoms with Crippen molar-refractivity contribution in [1.82, 2.24) is 20.2 Å². The number of amides is 1. The normalized spacial score (nSPS) is 14.5. The molecule has 7 nitrogen and oxygen atoms in total. The number of hydrazine groups is 1. The molecule has 1 aromatic heterocycles. The first-order valence-corrected chi connectivity index (χ1v) is 11.2. The standard InChI is InChI=1S/C23H24Cl2N4O3/c1-2-15-3-5-16(6-4-15)22-18(14-30)21(23(31)27-28-9-11-32-12-10-28)26-29(22)20-8-7-17(24)13-19(20)25/h3-8,13,30H,2,9-12,14H2,1H3,(H,27,31). The zero-order valence-electron chi connectivity index (χ0n) is 17.6. The van der Waals surface area contributed by atoms with Crippen molar-refractivity contribution in [3.05, 3.63) is 69.3 Å². The molecule has 3 aromatic rings. The molecular weight excluding hydrogens is 451 g/mol. The highest BCUT2D eigenvalue weighted by Gasteiger charge is 2.26. The number of aliphatic hydroxyl groups excluding tert-OH is 1. The van der Waals surface area contributed by atoms with Crippen LogP contribution in [0.1, 0.15) is 28.5 Å². The Morgan fingerprint density at radius 3 is 2.50 bits per heavy atom. The summed E-state index contributed by atoms with van der Waals surface area (Å²) in [6.07, 6.45) is 0.905. The van der Waals surface area contributed by atoms with Crippen LogP contribution in [0.15, 0.2) is 42.5 Å². The number of carbonyl (C=O) groups is 1. The number of halogens is 2. The van der Waals surface area contributed by atoms with Crippen molar-refractivity contribution in [1.29, 1.82) is 0 Å². The Bertz CT molecular complexity index is 1110. The zero-order valence-corrected chi connectivity index (χ0v) is 19.2. The SMILES string of the molecule is CCc1ccc(-c2c(CO)c(C(=O)NN3CCOCC3)nn2-c2ccc(Cl)cc2Cl)cc1. The van der Waals surface area contributed by atoms with E-state index in [-0.39, 0.29) is 12.3 Å². The molecule has 168 valence electrons. The second kappa shape index (κ2) is 10.0. The van der Waals surface area contributed by atoms with E-state index in [1.54, 1.807) is 27.9 Å². The molecule has 4 rings (SSSR count). The maximum Gasteiger partial charge on any atom is 0.286 e. The fourth-order valence-electron chi connectivity index (χ4n) is 3.68. The Hall–Kier alpha value is -2.42. The van der Waals surface area contributed by atoms with Gasteiger partial charge in [0.05, 0.1) is 36.2 Å². The van der Waals surface area contributed by atoms with E-state index in [9.17, 15) is 9.90 Å². The Labute approximate surface area is 196 Å². The molecule has 0 aliphatic carbocycles. The van der Waals surface area contributed by atoms with Gasteiger partial charge in [-0.05, 0) is 30.2 Å². The summed E-state index contributed by atoms with van der Waals surface area (Å²) < 4.78 is 6.93. The number of ether oxygens (including phenoxy) is 1. The van der Waals surface area contributed by atoms with Crippen molar-refractivity contribution in [3.8, 4) is 16.9 Å². The van der Waals surface area contributed by atoms with Crippen molar-refractivity contribution in [2.75, 3.05) is 26.3 Å². The van der Waals surface area contributed by atoms with E-state index in [0.29, 0.717) is 53.3 Å². The first kappa shape index (κ1) is 22.8. The Balaban J connectivity index is 1.83. The van der Waals surface area contributed by atoms with Crippen molar-refractivity contribution >= 4 is 29.1 Å². The lowest BCUT2D eigenvalue weighted by molar-refractivity contribution is 0.0124. The van der Waals surface area contributed by atoms with Crippen LogP contribution in [-0.4, -0.2) is 52.1 Å². The molecule has 0 unspecified atom stereocenters. The fraction of sp³-hybridized carbons (Fsp3) is 0.304. The number of carbonyl (C=O) groups excluding carboxylic acids is 1. The molecule has 0 spiro atoms. The largest absolute Gasteiger partial charge is 0.392 e. The lowest BCUT2D eigenvalue weighted by atomic mass is 10.0. The number of nitrogens with one attached hydrogen (secondary N) is 1. The summed E-state index contributed by atoms with van der Waals surface area (Å²) in [7, 11) is 0. The summed E-state index contributed by atoms with van der Waals surface area (Å²) in [6, 6.07) is 13.0. The number of rotatable bonds is 6. The van der Waals surface area contributed by atoms with Gasteiger partial charge in [0.2, 0.25) is 0 Å². The highest BCUT2D eigenvalue weighted by atomic mass is 35.5. The van der Waals surface area contributed by atoms with Crippen LogP contribution in [0.3, 0.4) is 0 Å². The summed E-state index contributed by atoms with van der Waals surface area (Å²) in [5, 5.41) is 17.5. The highest BCUT2D eigenvalue weighted by Crippen LogP contribution is 2.33. The van der Waals surface area contributed by atoms with Gasteiger partial charge in [0, 0.05) is 29.2 Å². The minimum atomic E-state index is -0.397. The molecular formula is C23H24Cl2N4O3. The van der Waals surface area contributed by atoms with Gasteiger partial charge >= 0.3 is 0 Å². The second-order valence-electron chi connectivity index (χ2n) is 7.43. The van der Waals surface area contributed by atoms with Gasteiger partial charge in [-0.2, -0.15) is 5.10 Å². The Kier molecular flexibility index (Phi) is 7.13. The molecule has 0 saturated carbocycles. The van der Waals surface area contributed by atoms with Gasteiger partial charge in [-0.25, -0.2) is 9.69 Å². The molecule has 0 bridgehead atoms. The molecule has 1 aliphatic heterocycles. The monoisotopic (exact) mass is 474 g/mol. The molecule has 1 aliphatic rings. The first-order chi connectivity index (χ1) is 15.5. The number of nitrogens with zero attached hydrogens (tertiary/aromatic N) is 3. The van der Waals surface area contributed by atoms with Crippen LogP contribution in [0.5, 0.6) is 0 Å². The summed E-state index contributed by atoms with van der Waals surface area (Å²) in [5.74, 6) is -0.397. The zero-order chi connectivity index (χ0) is 22.7. The lowest BCUT2D eigenvalue weighted by Gasteiger charge is -2.26. The molecule has 32 heavy (non-hydrogen) atoms. The van der Waals surface area contributed by atoms with E-state index in [0.717, 1.165) is 12.0 Å². The van der Waals surface area contributed by atoms with Crippen LogP contribution in [0, 0.1) is 0 Å². The molecule has 2 heterocycles. The number of morpholine rings is 1. The van der Waals surface area contributed by atoms with Crippen LogP contribution in [0.25, 0.3) is 16.9 Å². The Morgan fingerprint density at radius 1 is 1.16 bits per heavy atom. The van der Waals surface area contributed by atoms with E-state index < -0.39 is 5.91 Å². The van der Waals surface area contributed by atoms with Gasteiger partial charge in [0.25, 0.3) is 5.91 Å². The number of hydrogen-bond acceptors (Lipinski definition) is 5. The number of aryl methyl sites for hydroxylation is 1. The minimum absolute atomic E-state index is 0.138. The molecule has 0 atom stereocenters. The second-order valence-corrected chi connectivity index (χ2v) is 8.28. The van der Waals surface area contributed by atoms with Gasteiger partial charge in [-0.3, -0.25) is 10.2 Å². The van der Waals surface area contributed by atoms with Crippen molar-refractivity contribution in [2.45, 2.75) is 20.0 Å². The van der Waals surface area contributed by atoms with Crippen molar-refractivity contribution in [2.24, 2.45) is 0 Å². The third kappa shape index (κ3) is 4.67. The van der Waals surface area contributed by atoms with Crippen molar-refractivity contribution < 1.29 is 14.6 Å². The third-order valence-corrected chi connectivity index (χ3v) is 5.94. The average molecular weight is 475 g/mol. The predicted molar refractivity (Wildman–Crippen MR) is 124 cm³/mol. The van der Waals surface area contributed by atoms with Crippen LogP contribution in [0.4, 0.5) is 0 Å². The smallest absolute Gasteiger partial charge is 0.286 e. The molecule has 2 N–H and O–H groups in total. The molecule has 2 aromatic carbocycles. The van der Waals surface area contributed by atoms with E-state index >= 15 is 0 Å². The molecule has 0 radical (unpaired) electrons. The summed E-state index contributed by atoms with van der Waals surface area (Å²) >= 11 is 12.6. The minimum Gasteiger partial charge on any atom is -0.392 e. The van der Waals surface area contributed by atoms with Gasteiger partial charge in [-0.1, -0.05) is 54.4 Å². The number of aromatic nitrogens is 2. The van der Waals surface area contributed by atoms with Gasteiger partial charge in [-0.15, -0.1) is 0 Å². The van der Waals surface area contributed by atoms with Crippen LogP contribution < -0.4 is 5.43 Å². The number of aliphatic hydroxyl groups is 1. The number of hydrogen-bond donors (Lipinski definition) is 2. The van der Waals surface area contributed by atoms with E-state index in [1.165, 1.54) is 5.56 Å². The predicted octanol–water partition coefficient (Wildman–Crippen LogP) is 3.88. The average Bonchev–Trinajstić information content (AvgIpc) is 3.19. The van der Waals surface area contributed by atoms with Gasteiger partial charge in [0.15, 0.2) is 5.69 Å². The van der Waals surface area contributed by atoms with E-state index in [4.69, 9.17) is 27.9 Å². The fourth-order valence-corrected chi connectivity index (χ4v) is 4.17. The van der Waals surface area contributed by atoms with Gasteiger partial charge < -0.3 is 9.84 Å². The molecule has 9 heteroatoms.